The number of amides is 2. The molecular weight excluding hydrogens is 438 g/mol. The van der Waals surface area contributed by atoms with E-state index in [9.17, 15) is 14.7 Å². The summed E-state index contributed by atoms with van der Waals surface area (Å²) in [5, 5.41) is 17.8. The van der Waals surface area contributed by atoms with E-state index in [0.29, 0.717) is 32.5 Å². The van der Waals surface area contributed by atoms with Crippen molar-refractivity contribution in [2.75, 3.05) is 26.7 Å². The number of carbonyl (C=O) groups excluding carboxylic acids is 2. The van der Waals surface area contributed by atoms with Gasteiger partial charge < -0.3 is 24.4 Å². The average molecular weight is 474 g/mol. The van der Waals surface area contributed by atoms with E-state index in [-0.39, 0.29) is 43.7 Å². The summed E-state index contributed by atoms with van der Waals surface area (Å²) in [5.74, 6) is -0.129. The second-order valence-electron chi connectivity index (χ2n) is 8.88. The lowest BCUT2D eigenvalue weighted by molar-refractivity contribution is -0.136. The van der Waals surface area contributed by atoms with Gasteiger partial charge in [-0.25, -0.2) is 9.48 Å². The average Bonchev–Trinajstić information content (AvgIpc) is 3.29. The Morgan fingerprint density at radius 3 is 2.85 bits per heavy atom. The molecule has 186 valence electrons. The highest BCUT2D eigenvalue weighted by Crippen LogP contribution is 2.18. The number of fused-ring (bicyclic) bond motifs is 1. The normalized spacial score (nSPS) is 20.6. The van der Waals surface area contributed by atoms with Crippen LogP contribution in [0.3, 0.4) is 0 Å². The molecule has 10 nitrogen and oxygen atoms in total. The third-order valence-electron chi connectivity index (χ3n) is 6.11. The fourth-order valence-corrected chi connectivity index (χ4v) is 3.92. The van der Waals surface area contributed by atoms with Gasteiger partial charge in [-0.3, -0.25) is 4.79 Å². The van der Waals surface area contributed by atoms with Crippen molar-refractivity contribution in [1.82, 2.24) is 24.8 Å². The van der Waals surface area contributed by atoms with Gasteiger partial charge in [0.2, 0.25) is 5.91 Å². The highest BCUT2D eigenvalue weighted by Gasteiger charge is 2.29. The molecule has 1 aliphatic heterocycles. The van der Waals surface area contributed by atoms with Crippen molar-refractivity contribution in [2.45, 2.75) is 58.6 Å². The van der Waals surface area contributed by atoms with E-state index >= 15 is 0 Å². The standard InChI is InChI=1S/C24H35N5O5/c1-18-13-28(19(2)15-30)23(31)10-7-11-29-21(12-25-26-29)17-33-22(18)14-27(3)24(32)34-16-20-8-5-4-6-9-20/h4-6,8-9,12,18-19,22,30H,7,10-11,13-17H2,1-3H3/t18-,19+,22-/m0/s1. The van der Waals surface area contributed by atoms with Crippen molar-refractivity contribution in [1.29, 1.82) is 0 Å². The molecule has 0 aliphatic carbocycles. The monoisotopic (exact) mass is 473 g/mol. The van der Waals surface area contributed by atoms with Crippen molar-refractivity contribution < 1.29 is 24.2 Å². The SMILES string of the molecule is C[C@H](CO)N1C[C@H](C)[C@H](CN(C)C(=O)OCc2ccccc2)OCc2cnnn2CCCC1=O. The van der Waals surface area contributed by atoms with Crippen LogP contribution in [-0.2, 0) is 34.0 Å². The predicted molar refractivity (Wildman–Crippen MR) is 125 cm³/mol. The summed E-state index contributed by atoms with van der Waals surface area (Å²) in [7, 11) is 1.67. The van der Waals surface area contributed by atoms with E-state index in [1.165, 1.54) is 4.90 Å². The molecule has 0 unspecified atom stereocenters. The molecule has 2 aromatic rings. The van der Waals surface area contributed by atoms with Gasteiger partial charge in [0.15, 0.2) is 0 Å². The molecule has 1 aromatic carbocycles. The van der Waals surface area contributed by atoms with Gasteiger partial charge in [-0.15, -0.1) is 5.10 Å². The zero-order chi connectivity index (χ0) is 24.5. The largest absolute Gasteiger partial charge is 0.445 e. The van der Waals surface area contributed by atoms with Gasteiger partial charge in [-0.1, -0.05) is 42.5 Å². The number of nitrogens with zero attached hydrogens (tertiary/aromatic N) is 5. The quantitative estimate of drug-likeness (QED) is 0.684. The maximum absolute atomic E-state index is 12.9. The molecule has 34 heavy (non-hydrogen) atoms. The molecule has 10 heteroatoms. The first kappa shape index (κ1) is 25.6. The molecular formula is C24H35N5O5. The number of aryl methyl sites for hydroxylation is 1. The first-order chi connectivity index (χ1) is 16.4. The number of aliphatic hydroxyl groups is 1. The van der Waals surface area contributed by atoms with E-state index in [1.807, 2.05) is 44.2 Å². The van der Waals surface area contributed by atoms with E-state index in [1.54, 1.807) is 22.8 Å². The number of benzene rings is 1. The molecule has 0 bridgehead atoms. The summed E-state index contributed by atoms with van der Waals surface area (Å²) in [6.07, 6.45) is 1.81. The number of likely N-dealkylation sites (N-methyl/N-ethyl adjacent to an activating group) is 1. The van der Waals surface area contributed by atoms with Gasteiger partial charge in [-0.2, -0.15) is 0 Å². The van der Waals surface area contributed by atoms with Gasteiger partial charge in [0.1, 0.15) is 6.61 Å². The zero-order valence-electron chi connectivity index (χ0n) is 20.2. The predicted octanol–water partition coefficient (Wildman–Crippen LogP) is 2.07. The summed E-state index contributed by atoms with van der Waals surface area (Å²) in [4.78, 5) is 28.8. The van der Waals surface area contributed by atoms with Crippen LogP contribution in [-0.4, -0.2) is 80.8 Å². The van der Waals surface area contributed by atoms with Gasteiger partial charge in [-0.05, 0) is 18.9 Å². The highest BCUT2D eigenvalue weighted by atomic mass is 16.6. The summed E-state index contributed by atoms with van der Waals surface area (Å²) in [6.45, 7) is 5.42. The number of carbonyl (C=O) groups is 2. The maximum Gasteiger partial charge on any atom is 0.409 e. The molecule has 1 aromatic heterocycles. The van der Waals surface area contributed by atoms with Crippen molar-refractivity contribution in [3.63, 3.8) is 0 Å². The minimum Gasteiger partial charge on any atom is -0.445 e. The number of hydrogen-bond acceptors (Lipinski definition) is 7. The third kappa shape index (κ3) is 7.01. The Morgan fingerprint density at radius 1 is 1.35 bits per heavy atom. The van der Waals surface area contributed by atoms with Crippen molar-refractivity contribution in [3.8, 4) is 0 Å². The van der Waals surface area contributed by atoms with Gasteiger partial charge in [0.05, 0.1) is 43.8 Å². The van der Waals surface area contributed by atoms with Crippen LogP contribution in [0.4, 0.5) is 4.79 Å². The smallest absolute Gasteiger partial charge is 0.409 e. The van der Waals surface area contributed by atoms with E-state index in [2.05, 4.69) is 10.3 Å². The number of ether oxygens (including phenoxy) is 2. The number of aliphatic hydroxyl groups excluding tert-OH is 1. The van der Waals surface area contributed by atoms with Gasteiger partial charge in [0.25, 0.3) is 0 Å². The van der Waals surface area contributed by atoms with Crippen molar-refractivity contribution in [3.05, 3.63) is 47.8 Å². The van der Waals surface area contributed by atoms with Crippen LogP contribution in [0.2, 0.25) is 0 Å². The Hall–Kier alpha value is -2.98. The number of rotatable bonds is 6. The van der Waals surface area contributed by atoms with Crippen LogP contribution < -0.4 is 0 Å². The first-order valence-electron chi connectivity index (χ1n) is 11.7. The highest BCUT2D eigenvalue weighted by molar-refractivity contribution is 5.76. The molecule has 0 spiro atoms. The van der Waals surface area contributed by atoms with Crippen LogP contribution in [0.5, 0.6) is 0 Å². The van der Waals surface area contributed by atoms with Gasteiger partial charge >= 0.3 is 6.09 Å². The minimum atomic E-state index is -0.450. The lowest BCUT2D eigenvalue weighted by Crippen LogP contribution is -2.48. The summed E-state index contributed by atoms with van der Waals surface area (Å²) in [6, 6.07) is 9.19. The molecule has 0 saturated heterocycles. The van der Waals surface area contributed by atoms with Crippen LogP contribution in [0.25, 0.3) is 0 Å². The van der Waals surface area contributed by atoms with Gasteiger partial charge in [0, 0.05) is 32.5 Å². The topological polar surface area (TPSA) is 110 Å². The van der Waals surface area contributed by atoms with E-state index in [4.69, 9.17) is 9.47 Å². The Bertz CT molecular complexity index is 921. The van der Waals surface area contributed by atoms with Crippen molar-refractivity contribution in [2.24, 2.45) is 5.92 Å². The molecule has 1 aliphatic rings. The van der Waals surface area contributed by atoms with Crippen LogP contribution >= 0.6 is 0 Å². The van der Waals surface area contributed by atoms with E-state index in [0.717, 1.165) is 11.3 Å². The lowest BCUT2D eigenvalue weighted by Gasteiger charge is -2.35. The lowest BCUT2D eigenvalue weighted by atomic mass is 10.0. The summed E-state index contributed by atoms with van der Waals surface area (Å²) < 4.78 is 13.4. The third-order valence-corrected chi connectivity index (χ3v) is 6.11. The Labute approximate surface area is 200 Å². The fraction of sp³-hybridized carbons (Fsp3) is 0.583. The number of aromatic nitrogens is 3. The molecule has 2 amide bonds. The molecule has 2 heterocycles. The Kier molecular flexibility index (Phi) is 9.41. The second-order valence-corrected chi connectivity index (χ2v) is 8.88. The number of hydrogen-bond donors (Lipinski definition) is 1. The van der Waals surface area contributed by atoms with Crippen LogP contribution in [0, 0.1) is 5.92 Å². The maximum atomic E-state index is 12.9. The minimum absolute atomic E-state index is 0.0231. The second kappa shape index (κ2) is 12.5. The summed E-state index contributed by atoms with van der Waals surface area (Å²) in [5.41, 5.74) is 1.73. The van der Waals surface area contributed by atoms with E-state index < -0.39 is 6.09 Å². The molecule has 3 atom stereocenters. The fourth-order valence-electron chi connectivity index (χ4n) is 3.92. The van der Waals surface area contributed by atoms with Crippen molar-refractivity contribution >= 4 is 12.0 Å². The summed E-state index contributed by atoms with van der Waals surface area (Å²) >= 11 is 0. The zero-order valence-corrected chi connectivity index (χ0v) is 20.2. The molecule has 0 saturated carbocycles. The van der Waals surface area contributed by atoms with Crippen LogP contribution in [0.1, 0.15) is 37.9 Å². The molecule has 1 N–H and O–H groups in total. The van der Waals surface area contributed by atoms with Crippen LogP contribution in [0.15, 0.2) is 36.5 Å². The molecule has 0 fully saturated rings. The Morgan fingerprint density at radius 2 is 2.12 bits per heavy atom. The molecule has 0 radical (unpaired) electrons. The first-order valence-corrected chi connectivity index (χ1v) is 11.7. The molecule has 3 rings (SSSR count). The Balaban J connectivity index is 1.71.